The van der Waals surface area contributed by atoms with E-state index in [1.807, 2.05) is 53.2 Å². The second kappa shape index (κ2) is 8.53. The lowest BCUT2D eigenvalue weighted by Crippen LogP contribution is -3.00. The summed E-state index contributed by atoms with van der Waals surface area (Å²) in [5, 5.41) is 0. The van der Waals surface area contributed by atoms with Gasteiger partial charge in [0.15, 0.2) is 6.54 Å². The molecule has 0 atom stereocenters. The molecule has 1 aliphatic rings. The molecule has 3 rings (SSSR count). The van der Waals surface area contributed by atoms with Crippen LogP contribution in [0.2, 0.25) is 0 Å². The Morgan fingerprint density at radius 1 is 1.25 bits per heavy atom. The number of Topliss-reactive ketones (excluding diaryl/α,β-unsaturated/α-hetero) is 1. The van der Waals surface area contributed by atoms with Gasteiger partial charge in [-0.3, -0.25) is 4.79 Å². The van der Waals surface area contributed by atoms with Crippen LogP contribution in [0.5, 0.6) is 0 Å². The molecular formula is C18H19Br2N3O. The third kappa shape index (κ3) is 4.51. The van der Waals surface area contributed by atoms with Gasteiger partial charge in [0.1, 0.15) is 0 Å². The molecular weight excluding hydrogens is 434 g/mol. The Kier molecular flexibility index (Phi) is 6.69. The number of amidine groups is 1. The smallest absolute Gasteiger partial charge is 0.325 e. The molecule has 24 heavy (non-hydrogen) atoms. The van der Waals surface area contributed by atoms with E-state index in [0.29, 0.717) is 5.56 Å². The average Bonchev–Trinajstić information content (AvgIpc) is 2.95. The minimum Gasteiger partial charge on any atom is -1.00 e. The summed E-state index contributed by atoms with van der Waals surface area (Å²) in [6, 6.07) is 13.3. The van der Waals surface area contributed by atoms with Crippen molar-refractivity contribution in [2.75, 3.05) is 13.6 Å². The number of pyridine rings is 1. The highest BCUT2D eigenvalue weighted by molar-refractivity contribution is 9.10. The molecule has 0 radical (unpaired) electrons. The van der Waals surface area contributed by atoms with Crippen LogP contribution in [0.25, 0.3) is 0 Å². The molecule has 0 unspecified atom stereocenters. The molecule has 4 nitrogen and oxygen atoms in total. The number of halogens is 2. The maximum absolute atomic E-state index is 12.5. The lowest BCUT2D eigenvalue weighted by atomic mass is 10.1. The van der Waals surface area contributed by atoms with E-state index >= 15 is 0 Å². The number of carbonyl (C=O) groups is 1. The molecule has 0 spiro atoms. The Morgan fingerprint density at radius 3 is 2.67 bits per heavy atom. The van der Waals surface area contributed by atoms with Gasteiger partial charge in [-0.25, -0.2) is 4.57 Å². The van der Waals surface area contributed by atoms with E-state index in [4.69, 9.17) is 4.99 Å². The van der Waals surface area contributed by atoms with Gasteiger partial charge in [-0.15, -0.1) is 0 Å². The van der Waals surface area contributed by atoms with Crippen LogP contribution in [-0.2, 0) is 6.54 Å². The molecule has 0 aliphatic carbocycles. The number of hydrogen-bond acceptors (Lipinski definition) is 2. The molecule has 0 amide bonds. The van der Waals surface area contributed by atoms with E-state index < -0.39 is 0 Å². The number of rotatable bonds is 4. The zero-order valence-corrected chi connectivity index (χ0v) is 16.6. The summed E-state index contributed by atoms with van der Waals surface area (Å²) in [5.41, 5.74) is 0.709. The van der Waals surface area contributed by atoms with Crippen molar-refractivity contribution in [1.29, 1.82) is 0 Å². The minimum absolute atomic E-state index is 0. The van der Waals surface area contributed by atoms with Crippen LogP contribution in [0.15, 0.2) is 58.1 Å². The van der Waals surface area contributed by atoms with Crippen molar-refractivity contribution >= 4 is 33.4 Å². The first-order valence-corrected chi connectivity index (χ1v) is 8.49. The van der Waals surface area contributed by atoms with Crippen LogP contribution in [-0.4, -0.2) is 30.1 Å². The van der Waals surface area contributed by atoms with Crippen molar-refractivity contribution in [3.05, 3.63) is 58.7 Å². The maximum Gasteiger partial charge on any atom is 0.325 e. The molecule has 1 aliphatic heterocycles. The Balaban J connectivity index is 0.00000208. The molecule has 6 heteroatoms. The van der Waals surface area contributed by atoms with E-state index in [9.17, 15) is 4.79 Å². The van der Waals surface area contributed by atoms with Gasteiger partial charge in [-0.1, -0.05) is 34.1 Å². The normalized spacial score (nSPS) is 15.4. The standard InChI is InChI=1S/C18H19BrN3O.BrH/c1-21-11-4-6-17(21)20-18-5-2-3-12-22(18)13-16(23)14-7-9-15(19)10-8-14;/h2-3,5,7-10,12H,4,6,11,13H2,1H3;1H/q+1;/p-1. The van der Waals surface area contributed by atoms with Gasteiger partial charge >= 0.3 is 5.82 Å². The third-order valence-corrected chi connectivity index (χ3v) is 4.50. The Labute approximate surface area is 161 Å². The molecule has 1 saturated heterocycles. The topological polar surface area (TPSA) is 36.5 Å². The number of hydrogen-bond donors (Lipinski definition) is 0. The van der Waals surface area contributed by atoms with Crippen LogP contribution in [0.3, 0.4) is 0 Å². The van der Waals surface area contributed by atoms with Crippen LogP contribution < -0.4 is 21.5 Å². The predicted octanol–water partition coefficient (Wildman–Crippen LogP) is 0.379. The van der Waals surface area contributed by atoms with Gasteiger partial charge < -0.3 is 21.9 Å². The van der Waals surface area contributed by atoms with Gasteiger partial charge in [-0.05, 0) is 29.6 Å². The molecule has 2 aromatic rings. The Hall–Kier alpha value is -1.53. The fourth-order valence-corrected chi connectivity index (χ4v) is 2.92. The fourth-order valence-electron chi connectivity index (χ4n) is 2.65. The number of aliphatic imine (C=N–C) groups is 1. The van der Waals surface area contributed by atoms with E-state index in [1.54, 1.807) is 0 Å². The summed E-state index contributed by atoms with van der Waals surface area (Å²) < 4.78 is 2.88. The fraction of sp³-hybridized carbons (Fsp3) is 0.278. The number of nitrogens with zero attached hydrogens (tertiary/aromatic N) is 3. The van der Waals surface area contributed by atoms with Gasteiger partial charge in [-0.2, -0.15) is 0 Å². The number of benzene rings is 1. The SMILES string of the molecule is CN1CCC/C1=N\c1cccc[n+]1CC(=O)c1ccc(Br)cc1.[Br-]. The first-order valence-electron chi connectivity index (χ1n) is 7.69. The predicted molar refractivity (Wildman–Crippen MR) is 94.1 cm³/mol. The summed E-state index contributed by atoms with van der Waals surface area (Å²) in [7, 11) is 2.06. The second-order valence-electron chi connectivity index (χ2n) is 5.67. The molecule has 0 saturated carbocycles. The van der Waals surface area contributed by atoms with Crippen LogP contribution >= 0.6 is 15.9 Å². The van der Waals surface area contributed by atoms with Gasteiger partial charge in [0.2, 0.25) is 11.6 Å². The highest BCUT2D eigenvalue weighted by Crippen LogP contribution is 2.15. The molecule has 1 aromatic carbocycles. The lowest BCUT2D eigenvalue weighted by molar-refractivity contribution is -0.670. The maximum atomic E-state index is 12.5. The number of ketones is 1. The first-order chi connectivity index (χ1) is 11.1. The van der Waals surface area contributed by atoms with Crippen LogP contribution in [0.1, 0.15) is 23.2 Å². The molecule has 126 valence electrons. The Bertz CT molecular complexity index is 744. The average molecular weight is 453 g/mol. The molecule has 0 bridgehead atoms. The highest BCUT2D eigenvalue weighted by atomic mass is 79.9. The molecule has 2 heterocycles. The summed E-state index contributed by atoms with van der Waals surface area (Å²) >= 11 is 3.39. The summed E-state index contributed by atoms with van der Waals surface area (Å²) in [6.07, 6.45) is 4.04. The molecule has 1 aromatic heterocycles. The monoisotopic (exact) mass is 451 g/mol. The van der Waals surface area contributed by atoms with Crippen molar-refractivity contribution in [3.63, 3.8) is 0 Å². The summed E-state index contributed by atoms with van der Waals surface area (Å²) in [4.78, 5) is 19.4. The first kappa shape index (κ1) is 18.8. The molecule has 1 fully saturated rings. The third-order valence-electron chi connectivity index (χ3n) is 3.97. The van der Waals surface area contributed by atoms with E-state index in [2.05, 4.69) is 27.9 Å². The van der Waals surface area contributed by atoms with Gasteiger partial charge in [0, 0.05) is 36.1 Å². The summed E-state index contributed by atoms with van der Waals surface area (Å²) in [6.45, 7) is 1.34. The zero-order chi connectivity index (χ0) is 16.2. The van der Waals surface area contributed by atoms with Crippen LogP contribution in [0.4, 0.5) is 5.82 Å². The van der Waals surface area contributed by atoms with Crippen molar-refractivity contribution in [2.24, 2.45) is 4.99 Å². The van der Waals surface area contributed by atoms with Crippen molar-refractivity contribution in [2.45, 2.75) is 19.4 Å². The van der Waals surface area contributed by atoms with Crippen molar-refractivity contribution < 1.29 is 26.3 Å². The summed E-state index contributed by atoms with van der Waals surface area (Å²) in [5.74, 6) is 1.98. The number of aromatic nitrogens is 1. The van der Waals surface area contributed by atoms with Crippen LogP contribution in [0, 0.1) is 0 Å². The van der Waals surface area contributed by atoms with Crippen molar-refractivity contribution in [3.8, 4) is 0 Å². The Morgan fingerprint density at radius 2 is 2.00 bits per heavy atom. The zero-order valence-electron chi connectivity index (χ0n) is 13.5. The van der Waals surface area contributed by atoms with Crippen molar-refractivity contribution in [1.82, 2.24) is 4.90 Å². The molecule has 0 N–H and O–H groups in total. The van der Waals surface area contributed by atoms with E-state index in [-0.39, 0.29) is 29.3 Å². The highest BCUT2D eigenvalue weighted by Gasteiger charge is 2.21. The second-order valence-corrected chi connectivity index (χ2v) is 6.59. The van der Waals surface area contributed by atoms with E-state index in [1.165, 1.54) is 0 Å². The largest absolute Gasteiger partial charge is 1.00 e. The number of likely N-dealkylation sites (tertiary alicyclic amines) is 1. The van der Waals surface area contributed by atoms with Gasteiger partial charge in [0.05, 0.1) is 6.20 Å². The number of carbonyl (C=O) groups excluding carboxylic acids is 1. The lowest BCUT2D eigenvalue weighted by Gasteiger charge is -2.07. The quantitative estimate of drug-likeness (QED) is 0.496. The van der Waals surface area contributed by atoms with E-state index in [0.717, 1.165) is 35.5 Å². The minimum atomic E-state index is 0. The van der Waals surface area contributed by atoms with Gasteiger partial charge in [0.25, 0.3) is 0 Å².